The Balaban J connectivity index is 2.12. The van der Waals surface area contributed by atoms with E-state index < -0.39 is 4.92 Å². The van der Waals surface area contributed by atoms with Crippen LogP contribution >= 0.6 is 43.5 Å². The first-order chi connectivity index (χ1) is 9.47. The summed E-state index contributed by atoms with van der Waals surface area (Å²) >= 11 is 12.5. The Bertz CT molecular complexity index is 665. The fourth-order valence-electron chi connectivity index (χ4n) is 1.62. The highest BCUT2D eigenvalue weighted by atomic mass is 79.9. The second kappa shape index (κ2) is 6.56. The van der Waals surface area contributed by atoms with Crippen LogP contribution in [0, 0.1) is 10.1 Å². The van der Waals surface area contributed by atoms with Crippen LogP contribution in [0.2, 0.25) is 5.02 Å². The summed E-state index contributed by atoms with van der Waals surface area (Å²) < 4.78 is 1.29. The van der Waals surface area contributed by atoms with Gasteiger partial charge in [0.1, 0.15) is 0 Å². The minimum absolute atomic E-state index is 0.0313. The van der Waals surface area contributed by atoms with Crippen molar-refractivity contribution in [2.45, 2.75) is 6.54 Å². The summed E-state index contributed by atoms with van der Waals surface area (Å²) in [6, 6.07) is 10.5. The number of halogens is 3. The van der Waals surface area contributed by atoms with E-state index in [9.17, 15) is 10.1 Å². The predicted octanol–water partition coefficient (Wildman–Crippen LogP) is 5.39. The van der Waals surface area contributed by atoms with E-state index in [-0.39, 0.29) is 5.69 Å². The Kier molecular flexibility index (Phi) is 5.01. The van der Waals surface area contributed by atoms with Crippen molar-refractivity contribution in [2.24, 2.45) is 0 Å². The third-order valence-corrected chi connectivity index (χ3v) is 4.53. The van der Waals surface area contributed by atoms with E-state index in [0.29, 0.717) is 21.7 Å². The van der Waals surface area contributed by atoms with Crippen molar-refractivity contribution in [2.75, 3.05) is 5.32 Å². The molecule has 2 rings (SSSR count). The third-order valence-electron chi connectivity index (χ3n) is 2.62. The number of hydrogen-bond acceptors (Lipinski definition) is 3. The standard InChI is InChI=1S/C13H9Br2ClN2O2/c14-10-3-1-8(5-12(10)16)7-17-9-2-4-11(15)13(6-9)18(19)20/h1-6,17H,7H2. The van der Waals surface area contributed by atoms with Crippen LogP contribution in [-0.4, -0.2) is 4.92 Å². The van der Waals surface area contributed by atoms with Gasteiger partial charge in [0.05, 0.1) is 14.4 Å². The number of nitrogens with zero attached hydrogens (tertiary/aromatic N) is 1. The van der Waals surface area contributed by atoms with Crippen LogP contribution in [0.3, 0.4) is 0 Å². The summed E-state index contributed by atoms with van der Waals surface area (Å²) in [4.78, 5) is 10.4. The molecule has 0 saturated carbocycles. The molecule has 0 atom stereocenters. The maximum absolute atomic E-state index is 10.9. The van der Waals surface area contributed by atoms with E-state index in [4.69, 9.17) is 11.6 Å². The number of hydrogen-bond donors (Lipinski definition) is 1. The normalized spacial score (nSPS) is 10.3. The number of nitro benzene ring substituents is 1. The minimum atomic E-state index is -0.425. The first kappa shape index (κ1) is 15.3. The van der Waals surface area contributed by atoms with E-state index in [1.165, 1.54) is 6.07 Å². The van der Waals surface area contributed by atoms with Crippen LogP contribution in [0.1, 0.15) is 5.56 Å². The number of nitrogens with one attached hydrogen (secondary N) is 1. The molecule has 20 heavy (non-hydrogen) atoms. The molecule has 1 N–H and O–H groups in total. The average Bonchev–Trinajstić information content (AvgIpc) is 2.41. The van der Waals surface area contributed by atoms with Crippen molar-refractivity contribution in [3.8, 4) is 0 Å². The van der Waals surface area contributed by atoms with Gasteiger partial charge in [-0.1, -0.05) is 17.7 Å². The number of rotatable bonds is 4. The van der Waals surface area contributed by atoms with Crippen LogP contribution < -0.4 is 5.32 Å². The molecule has 0 aliphatic carbocycles. The highest BCUT2D eigenvalue weighted by Crippen LogP contribution is 2.28. The fraction of sp³-hybridized carbons (Fsp3) is 0.0769. The Morgan fingerprint density at radius 3 is 2.50 bits per heavy atom. The summed E-state index contributed by atoms with van der Waals surface area (Å²) in [6.45, 7) is 0.534. The van der Waals surface area contributed by atoms with Crippen LogP contribution in [0.25, 0.3) is 0 Å². The fourth-order valence-corrected chi connectivity index (χ4v) is 2.46. The molecule has 0 saturated heterocycles. The zero-order chi connectivity index (χ0) is 14.7. The molecule has 0 aliphatic heterocycles. The first-order valence-corrected chi connectivity index (χ1v) is 7.55. The van der Waals surface area contributed by atoms with E-state index in [2.05, 4.69) is 37.2 Å². The Hall–Kier alpha value is -1.11. The van der Waals surface area contributed by atoms with Crippen molar-refractivity contribution < 1.29 is 4.92 Å². The molecule has 7 heteroatoms. The lowest BCUT2D eigenvalue weighted by atomic mass is 10.2. The lowest BCUT2D eigenvalue weighted by Gasteiger charge is -2.08. The summed E-state index contributed by atoms with van der Waals surface area (Å²) in [7, 11) is 0. The van der Waals surface area contributed by atoms with E-state index in [0.717, 1.165) is 10.0 Å². The maximum atomic E-state index is 10.9. The molecule has 2 aromatic rings. The molecule has 0 radical (unpaired) electrons. The largest absolute Gasteiger partial charge is 0.381 e. The molecule has 0 heterocycles. The summed E-state index contributed by atoms with van der Waals surface area (Å²) in [5, 5.41) is 14.6. The number of nitro groups is 1. The minimum Gasteiger partial charge on any atom is -0.381 e. The van der Waals surface area contributed by atoms with Gasteiger partial charge in [-0.05, 0) is 61.7 Å². The molecule has 0 spiro atoms. The van der Waals surface area contributed by atoms with Gasteiger partial charge < -0.3 is 5.32 Å². The van der Waals surface area contributed by atoms with Gasteiger partial charge in [0.15, 0.2) is 0 Å². The monoisotopic (exact) mass is 418 g/mol. The Morgan fingerprint density at radius 1 is 1.15 bits per heavy atom. The van der Waals surface area contributed by atoms with Gasteiger partial charge in [-0.2, -0.15) is 0 Å². The molecular weight excluding hydrogens is 411 g/mol. The van der Waals surface area contributed by atoms with Gasteiger partial charge >= 0.3 is 0 Å². The van der Waals surface area contributed by atoms with Crippen molar-refractivity contribution in [3.05, 3.63) is 66.0 Å². The lowest BCUT2D eigenvalue weighted by Crippen LogP contribution is -2.00. The van der Waals surface area contributed by atoms with E-state index in [1.807, 2.05) is 18.2 Å². The Labute approximate surface area is 137 Å². The molecule has 0 fully saturated rings. The lowest BCUT2D eigenvalue weighted by molar-refractivity contribution is -0.385. The third kappa shape index (κ3) is 3.71. The zero-order valence-electron chi connectivity index (χ0n) is 10.1. The smallest absolute Gasteiger partial charge is 0.285 e. The second-order valence-electron chi connectivity index (χ2n) is 4.03. The van der Waals surface area contributed by atoms with Gasteiger partial charge in [0, 0.05) is 22.8 Å². The molecule has 104 valence electrons. The Morgan fingerprint density at radius 2 is 1.85 bits per heavy atom. The van der Waals surface area contributed by atoms with Crippen molar-refractivity contribution >= 4 is 54.8 Å². The van der Waals surface area contributed by atoms with Crippen LogP contribution in [0.5, 0.6) is 0 Å². The van der Waals surface area contributed by atoms with Gasteiger partial charge in [0.25, 0.3) is 5.69 Å². The highest BCUT2D eigenvalue weighted by Gasteiger charge is 2.12. The highest BCUT2D eigenvalue weighted by molar-refractivity contribution is 9.11. The predicted molar refractivity (Wildman–Crippen MR) is 87.3 cm³/mol. The topological polar surface area (TPSA) is 55.2 Å². The molecule has 0 aliphatic rings. The molecule has 0 unspecified atom stereocenters. The SMILES string of the molecule is O=[N+]([O-])c1cc(NCc2ccc(Br)c(Cl)c2)ccc1Br. The quantitative estimate of drug-likeness (QED) is 0.533. The molecule has 4 nitrogen and oxygen atoms in total. The van der Waals surface area contributed by atoms with Gasteiger partial charge in [0.2, 0.25) is 0 Å². The van der Waals surface area contributed by atoms with Crippen molar-refractivity contribution in [1.82, 2.24) is 0 Å². The molecule has 0 aromatic heterocycles. The van der Waals surface area contributed by atoms with Crippen LogP contribution in [-0.2, 0) is 6.54 Å². The number of anilines is 1. The van der Waals surface area contributed by atoms with Gasteiger partial charge in [-0.25, -0.2) is 0 Å². The molecule has 2 aromatic carbocycles. The van der Waals surface area contributed by atoms with Crippen molar-refractivity contribution in [1.29, 1.82) is 0 Å². The summed E-state index contributed by atoms with van der Waals surface area (Å²) in [5.74, 6) is 0. The maximum Gasteiger partial charge on any atom is 0.285 e. The second-order valence-corrected chi connectivity index (χ2v) is 6.14. The molecular formula is C13H9Br2ClN2O2. The van der Waals surface area contributed by atoms with E-state index >= 15 is 0 Å². The van der Waals surface area contributed by atoms with Crippen LogP contribution in [0.4, 0.5) is 11.4 Å². The van der Waals surface area contributed by atoms with Crippen LogP contribution in [0.15, 0.2) is 45.3 Å². The first-order valence-electron chi connectivity index (χ1n) is 5.59. The summed E-state index contributed by atoms with van der Waals surface area (Å²) in [6.07, 6.45) is 0. The zero-order valence-corrected chi connectivity index (χ0v) is 14.0. The van der Waals surface area contributed by atoms with E-state index in [1.54, 1.807) is 12.1 Å². The van der Waals surface area contributed by atoms with Crippen molar-refractivity contribution in [3.63, 3.8) is 0 Å². The average molecular weight is 420 g/mol. The van der Waals surface area contributed by atoms with Gasteiger partial charge in [-0.15, -0.1) is 0 Å². The summed E-state index contributed by atoms with van der Waals surface area (Å²) in [5.41, 5.74) is 1.70. The van der Waals surface area contributed by atoms with Gasteiger partial charge in [-0.3, -0.25) is 10.1 Å². The number of benzene rings is 2. The molecule has 0 amide bonds. The molecule has 0 bridgehead atoms.